The Hall–Kier alpha value is -0.970. The van der Waals surface area contributed by atoms with Crippen molar-refractivity contribution < 1.29 is 0 Å². The van der Waals surface area contributed by atoms with E-state index in [9.17, 15) is 0 Å². The van der Waals surface area contributed by atoms with Gasteiger partial charge in [-0.2, -0.15) is 0 Å². The molecule has 1 aliphatic carbocycles. The summed E-state index contributed by atoms with van der Waals surface area (Å²) in [6, 6.07) is 0.853. The lowest BCUT2D eigenvalue weighted by atomic mass is 9.95. The van der Waals surface area contributed by atoms with E-state index in [1.807, 2.05) is 0 Å². The molecule has 5 heteroatoms. The van der Waals surface area contributed by atoms with E-state index in [-0.39, 0.29) is 0 Å². The Labute approximate surface area is 129 Å². The summed E-state index contributed by atoms with van der Waals surface area (Å²) in [4.78, 5) is 2.49. The first-order chi connectivity index (χ1) is 10.2. The molecule has 1 heterocycles. The van der Waals surface area contributed by atoms with Crippen LogP contribution >= 0.6 is 0 Å². The van der Waals surface area contributed by atoms with Crippen LogP contribution in [0.4, 0.5) is 0 Å². The molecule has 0 saturated heterocycles. The SMILES string of the molecule is CCN(CC)C(CC(C)C)c1nnnn1C1CCCCC1. The maximum Gasteiger partial charge on any atom is 0.168 e. The molecule has 0 aliphatic heterocycles. The molecule has 120 valence electrons. The molecule has 21 heavy (non-hydrogen) atoms. The molecule has 0 N–H and O–H groups in total. The second-order valence-corrected chi connectivity index (χ2v) is 6.64. The van der Waals surface area contributed by atoms with Crippen LogP contribution in [0.1, 0.15) is 84.1 Å². The Bertz CT molecular complexity index is 405. The van der Waals surface area contributed by atoms with Crippen LogP contribution in [-0.4, -0.2) is 38.2 Å². The Balaban J connectivity index is 2.24. The van der Waals surface area contributed by atoms with Gasteiger partial charge in [0.1, 0.15) is 0 Å². The highest BCUT2D eigenvalue weighted by atomic mass is 15.6. The van der Waals surface area contributed by atoms with E-state index >= 15 is 0 Å². The van der Waals surface area contributed by atoms with Gasteiger partial charge in [-0.15, -0.1) is 5.10 Å². The minimum atomic E-state index is 0.344. The molecule has 1 aromatic heterocycles. The molecule has 1 atom stereocenters. The topological polar surface area (TPSA) is 46.8 Å². The van der Waals surface area contributed by atoms with Crippen LogP contribution in [0.15, 0.2) is 0 Å². The molecular weight excluding hydrogens is 262 g/mol. The number of hydrogen-bond donors (Lipinski definition) is 0. The van der Waals surface area contributed by atoms with Crippen molar-refractivity contribution in [1.82, 2.24) is 25.1 Å². The van der Waals surface area contributed by atoms with Gasteiger partial charge in [-0.1, -0.05) is 47.0 Å². The van der Waals surface area contributed by atoms with Crippen molar-refractivity contribution in [3.05, 3.63) is 5.82 Å². The fourth-order valence-electron chi connectivity index (χ4n) is 3.53. The maximum atomic E-state index is 4.42. The molecule has 0 radical (unpaired) electrons. The minimum Gasteiger partial charge on any atom is -0.294 e. The van der Waals surface area contributed by atoms with Gasteiger partial charge < -0.3 is 0 Å². The van der Waals surface area contributed by atoms with Crippen molar-refractivity contribution in [2.24, 2.45) is 5.92 Å². The van der Waals surface area contributed by atoms with Crippen LogP contribution in [0.25, 0.3) is 0 Å². The van der Waals surface area contributed by atoms with Crippen molar-refractivity contribution in [3.63, 3.8) is 0 Å². The highest BCUT2D eigenvalue weighted by Gasteiger charge is 2.28. The quantitative estimate of drug-likeness (QED) is 0.770. The molecule has 2 rings (SSSR count). The molecule has 1 saturated carbocycles. The third kappa shape index (κ3) is 4.02. The standard InChI is InChI=1S/C16H31N5/c1-5-20(6-2)15(12-13(3)4)16-17-18-19-21(16)14-10-8-7-9-11-14/h13-15H,5-12H2,1-4H3. The Morgan fingerprint density at radius 3 is 2.38 bits per heavy atom. The number of nitrogens with zero attached hydrogens (tertiary/aromatic N) is 5. The predicted molar refractivity (Wildman–Crippen MR) is 85.1 cm³/mol. The summed E-state index contributed by atoms with van der Waals surface area (Å²) in [5.74, 6) is 1.73. The van der Waals surface area contributed by atoms with Crippen LogP contribution in [-0.2, 0) is 0 Å². The van der Waals surface area contributed by atoms with Crippen molar-refractivity contribution >= 4 is 0 Å². The van der Waals surface area contributed by atoms with Gasteiger partial charge in [-0.25, -0.2) is 4.68 Å². The summed E-state index contributed by atoms with van der Waals surface area (Å²) in [5.41, 5.74) is 0. The van der Waals surface area contributed by atoms with Crippen molar-refractivity contribution in [2.75, 3.05) is 13.1 Å². The molecule has 0 amide bonds. The predicted octanol–water partition coefficient (Wildman–Crippen LogP) is 3.61. The monoisotopic (exact) mass is 293 g/mol. The third-order valence-electron chi connectivity index (χ3n) is 4.68. The van der Waals surface area contributed by atoms with Gasteiger partial charge in [0.05, 0.1) is 12.1 Å². The van der Waals surface area contributed by atoms with Gasteiger partial charge in [-0.05, 0) is 48.7 Å². The molecule has 1 fully saturated rings. The smallest absolute Gasteiger partial charge is 0.168 e. The number of rotatable bonds is 7. The second kappa shape index (κ2) is 7.87. The Morgan fingerprint density at radius 1 is 1.14 bits per heavy atom. The molecule has 1 unspecified atom stereocenters. The second-order valence-electron chi connectivity index (χ2n) is 6.64. The first-order valence-corrected chi connectivity index (χ1v) is 8.69. The number of tetrazole rings is 1. The highest BCUT2D eigenvalue weighted by Crippen LogP contribution is 2.32. The van der Waals surface area contributed by atoms with Crippen LogP contribution < -0.4 is 0 Å². The first-order valence-electron chi connectivity index (χ1n) is 8.69. The van der Waals surface area contributed by atoms with Gasteiger partial charge in [0.2, 0.25) is 0 Å². The zero-order valence-corrected chi connectivity index (χ0v) is 14.1. The van der Waals surface area contributed by atoms with Gasteiger partial charge in [-0.3, -0.25) is 4.90 Å². The molecule has 0 bridgehead atoms. The summed E-state index contributed by atoms with van der Waals surface area (Å²) >= 11 is 0. The number of aromatic nitrogens is 4. The van der Waals surface area contributed by atoms with Gasteiger partial charge in [0.15, 0.2) is 5.82 Å². The zero-order valence-electron chi connectivity index (χ0n) is 14.1. The first kappa shape index (κ1) is 16.4. The van der Waals surface area contributed by atoms with Crippen molar-refractivity contribution in [3.8, 4) is 0 Å². The molecule has 0 aromatic carbocycles. The fourth-order valence-corrected chi connectivity index (χ4v) is 3.53. The summed E-state index contributed by atoms with van der Waals surface area (Å²) in [7, 11) is 0. The van der Waals surface area contributed by atoms with E-state index in [0.717, 1.165) is 25.3 Å². The molecular formula is C16H31N5. The lowest BCUT2D eigenvalue weighted by Crippen LogP contribution is -2.32. The van der Waals surface area contributed by atoms with Gasteiger partial charge in [0.25, 0.3) is 0 Å². The van der Waals surface area contributed by atoms with Gasteiger partial charge in [0, 0.05) is 0 Å². The van der Waals surface area contributed by atoms with Crippen LogP contribution in [0.2, 0.25) is 0 Å². The van der Waals surface area contributed by atoms with E-state index in [1.165, 1.54) is 32.1 Å². The lowest BCUT2D eigenvalue weighted by molar-refractivity contribution is 0.171. The van der Waals surface area contributed by atoms with E-state index in [0.29, 0.717) is 18.0 Å². The Kier molecular flexibility index (Phi) is 6.15. The summed E-state index contributed by atoms with van der Waals surface area (Å²) < 4.78 is 2.14. The lowest BCUT2D eigenvalue weighted by Gasteiger charge is -2.32. The van der Waals surface area contributed by atoms with E-state index < -0.39 is 0 Å². The van der Waals surface area contributed by atoms with Crippen LogP contribution in [0.3, 0.4) is 0 Å². The van der Waals surface area contributed by atoms with Crippen LogP contribution in [0, 0.1) is 5.92 Å². The molecule has 5 nitrogen and oxygen atoms in total. The maximum absolute atomic E-state index is 4.42. The molecule has 1 aliphatic rings. The van der Waals surface area contributed by atoms with Crippen molar-refractivity contribution in [1.29, 1.82) is 0 Å². The fraction of sp³-hybridized carbons (Fsp3) is 0.938. The summed E-state index contributed by atoms with van der Waals surface area (Å²) in [6.07, 6.45) is 7.55. The Morgan fingerprint density at radius 2 is 1.81 bits per heavy atom. The zero-order chi connectivity index (χ0) is 15.2. The van der Waals surface area contributed by atoms with E-state index in [4.69, 9.17) is 0 Å². The highest BCUT2D eigenvalue weighted by molar-refractivity contribution is 4.96. The summed E-state index contributed by atoms with van der Waals surface area (Å²) in [5, 5.41) is 12.8. The van der Waals surface area contributed by atoms with Crippen LogP contribution in [0.5, 0.6) is 0 Å². The minimum absolute atomic E-state index is 0.344. The summed E-state index contributed by atoms with van der Waals surface area (Å²) in [6.45, 7) is 11.1. The molecule has 1 aromatic rings. The van der Waals surface area contributed by atoms with E-state index in [1.54, 1.807) is 0 Å². The average Bonchev–Trinajstić information content (AvgIpc) is 2.97. The van der Waals surface area contributed by atoms with E-state index in [2.05, 4.69) is 52.8 Å². The van der Waals surface area contributed by atoms with Crippen molar-refractivity contribution in [2.45, 2.75) is 78.3 Å². The normalized spacial score (nSPS) is 18.6. The third-order valence-corrected chi connectivity index (χ3v) is 4.68. The average molecular weight is 293 g/mol. The van der Waals surface area contributed by atoms with Gasteiger partial charge >= 0.3 is 0 Å². The largest absolute Gasteiger partial charge is 0.294 e. The molecule has 0 spiro atoms. The number of hydrogen-bond acceptors (Lipinski definition) is 4.